The van der Waals surface area contributed by atoms with E-state index in [1.54, 1.807) is 0 Å². The maximum absolute atomic E-state index is 5.74. The molecule has 1 aromatic rings. The summed E-state index contributed by atoms with van der Waals surface area (Å²) in [5.74, 6) is 2.53. The van der Waals surface area contributed by atoms with Crippen LogP contribution in [0.5, 0.6) is 5.75 Å². The molecule has 118 valence electrons. The molecule has 0 spiro atoms. The number of rotatable bonds is 9. The van der Waals surface area contributed by atoms with Gasteiger partial charge in [0.05, 0.1) is 6.61 Å². The molecule has 1 fully saturated rings. The van der Waals surface area contributed by atoms with Crippen LogP contribution in [0, 0.1) is 11.8 Å². The van der Waals surface area contributed by atoms with Gasteiger partial charge in [-0.15, -0.1) is 0 Å². The second-order valence-electron chi connectivity index (χ2n) is 6.95. The van der Waals surface area contributed by atoms with Gasteiger partial charge in [-0.25, -0.2) is 0 Å². The van der Waals surface area contributed by atoms with E-state index in [-0.39, 0.29) is 0 Å². The summed E-state index contributed by atoms with van der Waals surface area (Å²) in [7, 11) is 0. The smallest absolute Gasteiger partial charge is 0.119 e. The largest absolute Gasteiger partial charge is 0.493 e. The number of hydrogen-bond donors (Lipinski definition) is 1. The SMILES string of the molecule is CCC(CC1CC1)NC(C)c1ccc(OCC(C)C)cc1. The van der Waals surface area contributed by atoms with Crippen molar-refractivity contribution >= 4 is 0 Å². The Morgan fingerprint density at radius 3 is 2.33 bits per heavy atom. The fourth-order valence-electron chi connectivity index (χ4n) is 2.67. The lowest BCUT2D eigenvalue weighted by molar-refractivity contribution is 0.271. The second kappa shape index (κ2) is 7.84. The molecular formula is C19H31NO. The van der Waals surface area contributed by atoms with Crippen LogP contribution in [0.4, 0.5) is 0 Å². The minimum Gasteiger partial charge on any atom is -0.493 e. The van der Waals surface area contributed by atoms with Crippen molar-refractivity contribution < 1.29 is 4.74 Å². The lowest BCUT2D eigenvalue weighted by Crippen LogP contribution is -2.31. The minimum absolute atomic E-state index is 0.410. The molecule has 0 radical (unpaired) electrons. The summed E-state index contributed by atoms with van der Waals surface area (Å²) < 4.78 is 5.74. The molecule has 1 aromatic carbocycles. The highest BCUT2D eigenvalue weighted by molar-refractivity contribution is 5.29. The van der Waals surface area contributed by atoms with E-state index in [9.17, 15) is 0 Å². The molecule has 1 aliphatic rings. The van der Waals surface area contributed by atoms with Crippen molar-refractivity contribution in [3.8, 4) is 5.75 Å². The summed E-state index contributed by atoms with van der Waals surface area (Å²) in [5.41, 5.74) is 1.35. The molecule has 0 aliphatic heterocycles. The maximum Gasteiger partial charge on any atom is 0.119 e. The fourth-order valence-corrected chi connectivity index (χ4v) is 2.67. The molecule has 1 aliphatic carbocycles. The molecule has 0 bridgehead atoms. The summed E-state index contributed by atoms with van der Waals surface area (Å²) in [6.45, 7) is 9.68. The van der Waals surface area contributed by atoms with Crippen LogP contribution < -0.4 is 10.1 Å². The molecule has 2 nitrogen and oxygen atoms in total. The van der Waals surface area contributed by atoms with E-state index >= 15 is 0 Å². The van der Waals surface area contributed by atoms with E-state index in [0.717, 1.165) is 18.3 Å². The third-order valence-electron chi connectivity index (χ3n) is 4.26. The summed E-state index contributed by atoms with van der Waals surface area (Å²) in [6, 6.07) is 9.64. The van der Waals surface area contributed by atoms with Gasteiger partial charge < -0.3 is 10.1 Å². The van der Waals surface area contributed by atoms with E-state index in [0.29, 0.717) is 18.0 Å². The van der Waals surface area contributed by atoms with Gasteiger partial charge in [0.1, 0.15) is 5.75 Å². The molecular weight excluding hydrogens is 258 g/mol. The third-order valence-corrected chi connectivity index (χ3v) is 4.26. The van der Waals surface area contributed by atoms with Gasteiger partial charge in [0.25, 0.3) is 0 Å². The topological polar surface area (TPSA) is 21.3 Å². The second-order valence-corrected chi connectivity index (χ2v) is 6.95. The number of benzene rings is 1. The Balaban J connectivity index is 1.84. The summed E-state index contributed by atoms with van der Waals surface area (Å²) in [4.78, 5) is 0. The van der Waals surface area contributed by atoms with Crippen molar-refractivity contribution in [2.45, 2.75) is 65.5 Å². The molecule has 2 heteroatoms. The minimum atomic E-state index is 0.410. The summed E-state index contributed by atoms with van der Waals surface area (Å²) in [6.07, 6.45) is 5.44. The Labute approximate surface area is 130 Å². The van der Waals surface area contributed by atoms with Crippen molar-refractivity contribution in [1.82, 2.24) is 5.32 Å². The van der Waals surface area contributed by atoms with Crippen LogP contribution in [0.25, 0.3) is 0 Å². The Hall–Kier alpha value is -1.02. The van der Waals surface area contributed by atoms with Gasteiger partial charge in [-0.05, 0) is 49.3 Å². The zero-order valence-corrected chi connectivity index (χ0v) is 14.1. The van der Waals surface area contributed by atoms with E-state index in [4.69, 9.17) is 4.74 Å². The predicted octanol–water partition coefficient (Wildman–Crippen LogP) is 4.95. The van der Waals surface area contributed by atoms with Crippen LogP contribution in [-0.4, -0.2) is 12.6 Å². The molecule has 0 heterocycles. The molecule has 2 rings (SSSR count). The van der Waals surface area contributed by atoms with Crippen LogP contribution >= 0.6 is 0 Å². The lowest BCUT2D eigenvalue weighted by Gasteiger charge is -2.23. The van der Waals surface area contributed by atoms with Gasteiger partial charge in [0, 0.05) is 12.1 Å². The Kier molecular flexibility index (Phi) is 6.10. The molecule has 21 heavy (non-hydrogen) atoms. The normalized spacial score (nSPS) is 17.8. The Bertz CT molecular complexity index is 408. The quantitative estimate of drug-likeness (QED) is 0.694. The molecule has 0 amide bonds. The van der Waals surface area contributed by atoms with Crippen LogP contribution in [0.2, 0.25) is 0 Å². The first kappa shape index (κ1) is 16.4. The molecule has 2 unspecified atom stereocenters. The summed E-state index contributed by atoms with van der Waals surface area (Å²) in [5, 5.41) is 3.78. The highest BCUT2D eigenvalue weighted by Gasteiger charge is 2.25. The summed E-state index contributed by atoms with van der Waals surface area (Å²) >= 11 is 0. The first-order chi connectivity index (χ1) is 10.1. The fraction of sp³-hybridized carbons (Fsp3) is 0.684. The van der Waals surface area contributed by atoms with Crippen molar-refractivity contribution in [2.75, 3.05) is 6.61 Å². The zero-order chi connectivity index (χ0) is 15.2. The molecule has 2 atom stereocenters. The van der Waals surface area contributed by atoms with Crippen LogP contribution in [-0.2, 0) is 0 Å². The molecule has 1 saturated carbocycles. The van der Waals surface area contributed by atoms with Gasteiger partial charge in [-0.1, -0.05) is 45.7 Å². The Morgan fingerprint density at radius 2 is 1.81 bits per heavy atom. The van der Waals surface area contributed by atoms with Crippen LogP contribution in [0.15, 0.2) is 24.3 Å². The zero-order valence-electron chi connectivity index (χ0n) is 14.1. The van der Waals surface area contributed by atoms with Gasteiger partial charge in [0.2, 0.25) is 0 Å². The van der Waals surface area contributed by atoms with E-state index < -0.39 is 0 Å². The first-order valence-electron chi connectivity index (χ1n) is 8.57. The number of nitrogens with one attached hydrogen (secondary N) is 1. The van der Waals surface area contributed by atoms with Crippen molar-refractivity contribution in [3.63, 3.8) is 0 Å². The van der Waals surface area contributed by atoms with Gasteiger partial charge in [-0.2, -0.15) is 0 Å². The lowest BCUT2D eigenvalue weighted by atomic mass is 10.0. The van der Waals surface area contributed by atoms with Crippen molar-refractivity contribution in [3.05, 3.63) is 29.8 Å². The van der Waals surface area contributed by atoms with Gasteiger partial charge in [-0.3, -0.25) is 0 Å². The van der Waals surface area contributed by atoms with E-state index in [1.165, 1.54) is 31.2 Å². The average Bonchev–Trinajstić information content (AvgIpc) is 3.28. The molecule has 0 aromatic heterocycles. The predicted molar refractivity (Wildman–Crippen MR) is 89.7 cm³/mol. The van der Waals surface area contributed by atoms with Gasteiger partial charge in [0.15, 0.2) is 0 Å². The molecule has 1 N–H and O–H groups in total. The highest BCUT2D eigenvalue weighted by Crippen LogP contribution is 2.34. The standard InChI is InChI=1S/C19H31NO/c1-5-18(12-16-6-7-16)20-15(4)17-8-10-19(11-9-17)21-13-14(2)3/h8-11,14-16,18,20H,5-7,12-13H2,1-4H3. The maximum atomic E-state index is 5.74. The molecule has 0 saturated heterocycles. The van der Waals surface area contributed by atoms with Crippen molar-refractivity contribution in [2.24, 2.45) is 11.8 Å². The van der Waals surface area contributed by atoms with Crippen LogP contribution in [0.1, 0.15) is 65.0 Å². The Morgan fingerprint density at radius 1 is 1.14 bits per heavy atom. The average molecular weight is 289 g/mol. The third kappa shape index (κ3) is 5.70. The van der Waals surface area contributed by atoms with Gasteiger partial charge >= 0.3 is 0 Å². The monoisotopic (exact) mass is 289 g/mol. The van der Waals surface area contributed by atoms with E-state index in [2.05, 4.69) is 57.3 Å². The highest BCUT2D eigenvalue weighted by atomic mass is 16.5. The van der Waals surface area contributed by atoms with Crippen molar-refractivity contribution in [1.29, 1.82) is 0 Å². The first-order valence-corrected chi connectivity index (χ1v) is 8.57. The number of hydrogen-bond acceptors (Lipinski definition) is 2. The van der Waals surface area contributed by atoms with E-state index in [1.807, 2.05) is 0 Å². The number of ether oxygens (including phenoxy) is 1. The van der Waals surface area contributed by atoms with Crippen LogP contribution in [0.3, 0.4) is 0 Å².